The standard InChI is InChI=1S/C22H22N2O4S/c1-15(29-19-10-8-18(27-2)9-11-19)21(25)23-14-16-5-3-6-17(13-16)24-22(26)20-7-4-12-28-20/h3-13,15H,14H2,1-2H3,(H,23,25)(H,24,26). The summed E-state index contributed by atoms with van der Waals surface area (Å²) < 4.78 is 10.2. The molecule has 7 heteroatoms. The van der Waals surface area contributed by atoms with Gasteiger partial charge in [-0.2, -0.15) is 0 Å². The number of benzene rings is 2. The fraction of sp³-hybridized carbons (Fsp3) is 0.182. The highest BCUT2D eigenvalue weighted by molar-refractivity contribution is 8.00. The van der Waals surface area contributed by atoms with E-state index in [4.69, 9.17) is 9.15 Å². The fourth-order valence-electron chi connectivity index (χ4n) is 2.60. The molecular formula is C22H22N2O4S. The van der Waals surface area contributed by atoms with E-state index in [1.165, 1.54) is 18.0 Å². The minimum absolute atomic E-state index is 0.0594. The van der Waals surface area contributed by atoms with E-state index in [-0.39, 0.29) is 22.8 Å². The van der Waals surface area contributed by atoms with Crippen molar-refractivity contribution in [1.82, 2.24) is 5.32 Å². The van der Waals surface area contributed by atoms with Crippen LogP contribution in [0.2, 0.25) is 0 Å². The molecule has 3 aromatic rings. The summed E-state index contributed by atoms with van der Waals surface area (Å²) in [4.78, 5) is 25.5. The highest BCUT2D eigenvalue weighted by Crippen LogP contribution is 2.25. The number of amides is 2. The van der Waals surface area contributed by atoms with E-state index in [2.05, 4.69) is 10.6 Å². The first-order valence-corrected chi connectivity index (χ1v) is 9.95. The molecule has 1 aromatic heterocycles. The van der Waals surface area contributed by atoms with E-state index in [0.29, 0.717) is 12.2 Å². The molecule has 0 bridgehead atoms. The van der Waals surface area contributed by atoms with Crippen molar-refractivity contribution in [3.63, 3.8) is 0 Å². The van der Waals surface area contributed by atoms with Crippen LogP contribution in [0.4, 0.5) is 5.69 Å². The summed E-state index contributed by atoms with van der Waals surface area (Å²) in [6.45, 7) is 2.24. The van der Waals surface area contributed by atoms with Gasteiger partial charge in [-0.05, 0) is 61.0 Å². The number of carbonyl (C=O) groups is 2. The van der Waals surface area contributed by atoms with Crippen LogP contribution in [0.15, 0.2) is 76.2 Å². The molecule has 1 atom stereocenters. The predicted octanol–water partition coefficient (Wildman–Crippen LogP) is 4.34. The van der Waals surface area contributed by atoms with Crippen LogP contribution in [0, 0.1) is 0 Å². The summed E-state index contributed by atoms with van der Waals surface area (Å²) in [5, 5.41) is 5.47. The van der Waals surface area contributed by atoms with Gasteiger partial charge < -0.3 is 19.8 Å². The number of thioether (sulfide) groups is 1. The SMILES string of the molecule is COc1ccc(SC(C)C(=O)NCc2cccc(NC(=O)c3ccco3)c2)cc1. The van der Waals surface area contributed by atoms with Crippen molar-refractivity contribution in [3.05, 3.63) is 78.3 Å². The zero-order valence-corrected chi connectivity index (χ0v) is 17.0. The molecule has 150 valence electrons. The Morgan fingerprint density at radius 2 is 1.90 bits per heavy atom. The average Bonchev–Trinajstić information content (AvgIpc) is 3.28. The number of rotatable bonds is 8. The molecule has 0 spiro atoms. The summed E-state index contributed by atoms with van der Waals surface area (Å²) >= 11 is 1.48. The molecule has 2 N–H and O–H groups in total. The van der Waals surface area contributed by atoms with Gasteiger partial charge in [0.05, 0.1) is 18.6 Å². The topological polar surface area (TPSA) is 80.6 Å². The van der Waals surface area contributed by atoms with Crippen LogP contribution < -0.4 is 15.4 Å². The van der Waals surface area contributed by atoms with E-state index >= 15 is 0 Å². The van der Waals surface area contributed by atoms with Crippen LogP contribution >= 0.6 is 11.8 Å². The van der Waals surface area contributed by atoms with Gasteiger partial charge in [-0.3, -0.25) is 9.59 Å². The van der Waals surface area contributed by atoms with Gasteiger partial charge in [0.15, 0.2) is 5.76 Å². The van der Waals surface area contributed by atoms with Crippen molar-refractivity contribution in [2.45, 2.75) is 23.6 Å². The van der Waals surface area contributed by atoms with Crippen LogP contribution in [0.1, 0.15) is 23.0 Å². The summed E-state index contributed by atoms with van der Waals surface area (Å²) in [6, 6.07) is 18.2. The highest BCUT2D eigenvalue weighted by Gasteiger charge is 2.14. The Balaban J connectivity index is 1.52. The van der Waals surface area contributed by atoms with Crippen LogP contribution in [-0.2, 0) is 11.3 Å². The minimum atomic E-state index is -0.319. The van der Waals surface area contributed by atoms with Gasteiger partial charge >= 0.3 is 0 Å². The van der Waals surface area contributed by atoms with Gasteiger partial charge in [0.2, 0.25) is 5.91 Å². The molecule has 0 aliphatic rings. The number of methoxy groups -OCH3 is 1. The predicted molar refractivity (Wildman–Crippen MR) is 113 cm³/mol. The number of hydrogen-bond donors (Lipinski definition) is 2. The van der Waals surface area contributed by atoms with Crippen LogP contribution in [-0.4, -0.2) is 24.2 Å². The number of carbonyl (C=O) groups excluding carboxylic acids is 2. The molecule has 0 saturated carbocycles. The molecule has 6 nitrogen and oxygen atoms in total. The third kappa shape index (κ3) is 5.89. The van der Waals surface area contributed by atoms with E-state index in [0.717, 1.165) is 16.2 Å². The largest absolute Gasteiger partial charge is 0.497 e. The van der Waals surface area contributed by atoms with E-state index in [9.17, 15) is 9.59 Å². The number of hydrogen-bond acceptors (Lipinski definition) is 5. The Morgan fingerprint density at radius 3 is 2.59 bits per heavy atom. The van der Waals surface area contributed by atoms with Crippen molar-refractivity contribution < 1.29 is 18.7 Å². The highest BCUT2D eigenvalue weighted by atomic mass is 32.2. The molecule has 3 rings (SSSR count). The van der Waals surface area contributed by atoms with E-state index < -0.39 is 0 Å². The first-order valence-electron chi connectivity index (χ1n) is 9.07. The molecule has 29 heavy (non-hydrogen) atoms. The zero-order chi connectivity index (χ0) is 20.6. The Labute approximate surface area is 173 Å². The Bertz CT molecular complexity index is 955. The van der Waals surface area contributed by atoms with Gasteiger partial charge in [-0.1, -0.05) is 12.1 Å². The third-order valence-corrected chi connectivity index (χ3v) is 5.25. The lowest BCUT2D eigenvalue weighted by atomic mass is 10.2. The van der Waals surface area contributed by atoms with Crippen LogP contribution in [0.5, 0.6) is 5.75 Å². The van der Waals surface area contributed by atoms with Gasteiger partial charge in [0, 0.05) is 17.1 Å². The van der Waals surface area contributed by atoms with Crippen molar-refractivity contribution in [1.29, 1.82) is 0 Å². The normalized spacial score (nSPS) is 11.5. The van der Waals surface area contributed by atoms with Crippen molar-refractivity contribution >= 4 is 29.3 Å². The maximum absolute atomic E-state index is 12.4. The summed E-state index contributed by atoms with van der Waals surface area (Å²) in [5.41, 5.74) is 1.52. The molecule has 0 aliphatic carbocycles. The molecular weight excluding hydrogens is 388 g/mol. The van der Waals surface area contributed by atoms with Gasteiger partial charge in [0.1, 0.15) is 5.75 Å². The third-order valence-electron chi connectivity index (χ3n) is 4.14. The average molecular weight is 410 g/mol. The molecule has 2 aromatic carbocycles. The molecule has 0 fully saturated rings. The second kappa shape index (κ2) is 9.84. The summed E-state index contributed by atoms with van der Waals surface area (Å²) in [6.07, 6.45) is 1.45. The lowest BCUT2D eigenvalue weighted by molar-refractivity contribution is -0.120. The minimum Gasteiger partial charge on any atom is -0.497 e. The van der Waals surface area contributed by atoms with Gasteiger partial charge in [-0.15, -0.1) is 11.8 Å². The number of ether oxygens (including phenoxy) is 1. The van der Waals surface area contributed by atoms with Gasteiger partial charge in [-0.25, -0.2) is 0 Å². The number of nitrogens with one attached hydrogen (secondary N) is 2. The Kier molecular flexibility index (Phi) is 6.97. The van der Waals surface area contributed by atoms with E-state index in [1.807, 2.05) is 49.4 Å². The second-order valence-corrected chi connectivity index (χ2v) is 7.70. The van der Waals surface area contributed by atoms with Crippen molar-refractivity contribution in [2.24, 2.45) is 0 Å². The Morgan fingerprint density at radius 1 is 1.10 bits per heavy atom. The molecule has 0 aliphatic heterocycles. The monoisotopic (exact) mass is 410 g/mol. The Hall–Kier alpha value is -3.19. The lowest BCUT2D eigenvalue weighted by Crippen LogP contribution is -2.30. The number of furan rings is 1. The maximum Gasteiger partial charge on any atom is 0.291 e. The molecule has 0 radical (unpaired) electrons. The van der Waals surface area contributed by atoms with Crippen LogP contribution in [0.3, 0.4) is 0 Å². The van der Waals surface area contributed by atoms with E-state index in [1.54, 1.807) is 25.3 Å². The maximum atomic E-state index is 12.4. The fourth-order valence-corrected chi connectivity index (χ4v) is 3.50. The summed E-state index contributed by atoms with van der Waals surface area (Å²) in [5.74, 6) is 0.648. The molecule has 2 amide bonds. The van der Waals surface area contributed by atoms with Crippen LogP contribution in [0.25, 0.3) is 0 Å². The zero-order valence-electron chi connectivity index (χ0n) is 16.2. The van der Waals surface area contributed by atoms with Crippen molar-refractivity contribution in [2.75, 3.05) is 12.4 Å². The first-order chi connectivity index (χ1) is 14.0. The van der Waals surface area contributed by atoms with Gasteiger partial charge in [0.25, 0.3) is 5.91 Å². The quantitative estimate of drug-likeness (QED) is 0.540. The first kappa shape index (κ1) is 20.5. The molecule has 0 saturated heterocycles. The number of anilines is 1. The smallest absolute Gasteiger partial charge is 0.291 e. The lowest BCUT2D eigenvalue weighted by Gasteiger charge is -2.13. The van der Waals surface area contributed by atoms with Crippen molar-refractivity contribution in [3.8, 4) is 5.75 Å². The molecule has 1 unspecified atom stereocenters. The molecule has 1 heterocycles. The summed E-state index contributed by atoms with van der Waals surface area (Å²) in [7, 11) is 1.62. The second-order valence-electron chi connectivity index (χ2n) is 6.29.